The Balaban J connectivity index is 2.00. The standard InChI is InChI=1S/C19H13ClO/c20-13-10-8-12(9-11-13)18-14-4-1-2-5-15(14)19-16(18)6-3-7-17(19)21/h1-11,18,21H. The van der Waals surface area contributed by atoms with Crippen LogP contribution in [0.4, 0.5) is 0 Å². The van der Waals surface area contributed by atoms with Gasteiger partial charge in [-0.15, -0.1) is 0 Å². The Morgan fingerprint density at radius 2 is 1.48 bits per heavy atom. The van der Waals surface area contributed by atoms with Crippen LogP contribution in [0.5, 0.6) is 5.75 Å². The van der Waals surface area contributed by atoms with E-state index in [0.29, 0.717) is 5.75 Å². The Morgan fingerprint density at radius 3 is 2.29 bits per heavy atom. The molecule has 0 aromatic heterocycles. The Morgan fingerprint density at radius 1 is 0.762 bits per heavy atom. The van der Waals surface area contributed by atoms with Crippen LogP contribution in [0.25, 0.3) is 11.1 Å². The minimum Gasteiger partial charge on any atom is -0.507 e. The quantitative estimate of drug-likeness (QED) is 0.511. The molecule has 3 aromatic rings. The Hall–Kier alpha value is -2.25. The molecule has 21 heavy (non-hydrogen) atoms. The monoisotopic (exact) mass is 292 g/mol. The highest BCUT2D eigenvalue weighted by atomic mass is 35.5. The molecular formula is C19H13ClO. The number of halogens is 1. The molecular weight excluding hydrogens is 280 g/mol. The van der Waals surface area contributed by atoms with Crippen molar-refractivity contribution in [2.24, 2.45) is 0 Å². The van der Waals surface area contributed by atoms with Crippen LogP contribution >= 0.6 is 11.6 Å². The third kappa shape index (κ3) is 1.85. The maximum absolute atomic E-state index is 10.3. The zero-order chi connectivity index (χ0) is 14.4. The second-order valence-corrected chi connectivity index (χ2v) is 5.75. The van der Waals surface area contributed by atoms with E-state index in [4.69, 9.17) is 11.6 Å². The second kappa shape index (κ2) is 4.64. The summed E-state index contributed by atoms with van der Waals surface area (Å²) < 4.78 is 0. The van der Waals surface area contributed by atoms with Crippen molar-refractivity contribution in [1.29, 1.82) is 0 Å². The molecule has 0 spiro atoms. The van der Waals surface area contributed by atoms with Gasteiger partial charge in [-0.3, -0.25) is 0 Å². The maximum Gasteiger partial charge on any atom is 0.123 e. The average Bonchev–Trinajstić information content (AvgIpc) is 2.84. The first-order valence-corrected chi connectivity index (χ1v) is 7.30. The van der Waals surface area contributed by atoms with Gasteiger partial charge in [0.1, 0.15) is 5.75 Å². The van der Waals surface area contributed by atoms with Gasteiger partial charge in [0.2, 0.25) is 0 Å². The fourth-order valence-electron chi connectivity index (χ4n) is 3.25. The molecule has 0 aliphatic heterocycles. The normalized spacial score (nSPS) is 15.6. The molecule has 1 aliphatic carbocycles. The molecule has 0 saturated carbocycles. The molecule has 0 saturated heterocycles. The van der Waals surface area contributed by atoms with Crippen LogP contribution in [0.3, 0.4) is 0 Å². The molecule has 0 fully saturated rings. The number of rotatable bonds is 1. The van der Waals surface area contributed by atoms with Crippen LogP contribution in [-0.2, 0) is 0 Å². The summed E-state index contributed by atoms with van der Waals surface area (Å²) in [5.74, 6) is 0.497. The van der Waals surface area contributed by atoms with E-state index in [1.54, 1.807) is 6.07 Å². The molecule has 102 valence electrons. The molecule has 0 bridgehead atoms. The van der Waals surface area contributed by atoms with Crippen molar-refractivity contribution in [1.82, 2.24) is 0 Å². The van der Waals surface area contributed by atoms with Gasteiger partial charge in [0, 0.05) is 16.5 Å². The predicted octanol–water partition coefficient (Wildman–Crippen LogP) is 5.21. The molecule has 1 nitrogen and oxygen atoms in total. The van der Waals surface area contributed by atoms with Gasteiger partial charge in [0.15, 0.2) is 0 Å². The van der Waals surface area contributed by atoms with Gasteiger partial charge in [0.05, 0.1) is 0 Å². The molecule has 1 atom stereocenters. The second-order valence-electron chi connectivity index (χ2n) is 5.31. The minimum atomic E-state index is 0.153. The third-order valence-electron chi connectivity index (χ3n) is 4.13. The SMILES string of the molecule is Oc1cccc2c1-c1ccccc1C2c1ccc(Cl)cc1. The Labute approximate surface area is 128 Å². The first-order valence-electron chi connectivity index (χ1n) is 6.92. The molecule has 0 radical (unpaired) electrons. The molecule has 1 unspecified atom stereocenters. The Kier molecular flexibility index (Phi) is 2.76. The number of hydrogen-bond donors (Lipinski definition) is 1. The first-order chi connectivity index (χ1) is 10.3. The summed E-state index contributed by atoms with van der Waals surface area (Å²) >= 11 is 6.00. The van der Waals surface area contributed by atoms with Gasteiger partial charge >= 0.3 is 0 Å². The molecule has 3 aromatic carbocycles. The van der Waals surface area contributed by atoms with Crippen LogP contribution < -0.4 is 0 Å². The average molecular weight is 293 g/mol. The maximum atomic E-state index is 10.3. The Bertz CT molecular complexity index is 821. The lowest BCUT2D eigenvalue weighted by Gasteiger charge is -2.14. The van der Waals surface area contributed by atoms with Crippen LogP contribution in [-0.4, -0.2) is 5.11 Å². The van der Waals surface area contributed by atoms with E-state index in [2.05, 4.69) is 30.3 Å². The zero-order valence-corrected chi connectivity index (χ0v) is 12.0. The topological polar surface area (TPSA) is 20.2 Å². The number of fused-ring (bicyclic) bond motifs is 3. The van der Waals surface area contributed by atoms with Crippen LogP contribution in [0.15, 0.2) is 66.7 Å². The summed E-state index contributed by atoms with van der Waals surface area (Å²) in [5, 5.41) is 11.0. The van der Waals surface area contributed by atoms with Crippen molar-refractivity contribution in [3.05, 3.63) is 88.4 Å². The number of phenolic OH excluding ortho intramolecular Hbond substituents is 1. The van der Waals surface area contributed by atoms with E-state index in [-0.39, 0.29) is 5.92 Å². The van der Waals surface area contributed by atoms with Gasteiger partial charge in [-0.2, -0.15) is 0 Å². The van der Waals surface area contributed by atoms with Gasteiger partial charge in [-0.1, -0.05) is 60.1 Å². The number of aromatic hydroxyl groups is 1. The fraction of sp³-hybridized carbons (Fsp3) is 0.0526. The summed E-state index contributed by atoms with van der Waals surface area (Å²) in [6, 6.07) is 22.0. The highest BCUT2D eigenvalue weighted by Crippen LogP contribution is 2.51. The zero-order valence-electron chi connectivity index (χ0n) is 11.3. The molecule has 1 N–H and O–H groups in total. The lowest BCUT2D eigenvalue weighted by molar-refractivity contribution is 0.477. The third-order valence-corrected chi connectivity index (χ3v) is 4.38. The van der Waals surface area contributed by atoms with Crippen molar-refractivity contribution in [2.75, 3.05) is 0 Å². The van der Waals surface area contributed by atoms with Crippen LogP contribution in [0, 0.1) is 0 Å². The van der Waals surface area contributed by atoms with Crippen molar-refractivity contribution >= 4 is 11.6 Å². The van der Waals surface area contributed by atoms with Crippen molar-refractivity contribution < 1.29 is 5.11 Å². The van der Waals surface area contributed by atoms with Crippen LogP contribution in [0.2, 0.25) is 5.02 Å². The molecule has 2 heteroatoms. The number of hydrogen-bond acceptors (Lipinski definition) is 1. The fourth-order valence-corrected chi connectivity index (χ4v) is 3.38. The van der Waals surface area contributed by atoms with Gasteiger partial charge in [-0.05, 0) is 40.5 Å². The van der Waals surface area contributed by atoms with E-state index in [1.807, 2.05) is 30.3 Å². The van der Waals surface area contributed by atoms with Crippen molar-refractivity contribution in [3.8, 4) is 16.9 Å². The van der Waals surface area contributed by atoms with E-state index in [9.17, 15) is 5.11 Å². The van der Waals surface area contributed by atoms with E-state index in [1.165, 1.54) is 11.1 Å². The lowest BCUT2D eigenvalue weighted by Crippen LogP contribution is -1.98. The summed E-state index contributed by atoms with van der Waals surface area (Å²) in [4.78, 5) is 0. The smallest absolute Gasteiger partial charge is 0.123 e. The highest BCUT2D eigenvalue weighted by molar-refractivity contribution is 6.30. The van der Waals surface area contributed by atoms with Gasteiger partial charge in [-0.25, -0.2) is 0 Å². The minimum absolute atomic E-state index is 0.153. The van der Waals surface area contributed by atoms with E-state index in [0.717, 1.165) is 21.7 Å². The molecule has 0 amide bonds. The van der Waals surface area contributed by atoms with Gasteiger partial charge in [0.25, 0.3) is 0 Å². The predicted molar refractivity (Wildman–Crippen MR) is 85.9 cm³/mol. The van der Waals surface area contributed by atoms with E-state index >= 15 is 0 Å². The number of phenols is 1. The largest absolute Gasteiger partial charge is 0.507 e. The first kappa shape index (κ1) is 12.5. The molecule has 0 heterocycles. The summed E-state index contributed by atoms with van der Waals surface area (Å²) in [6.07, 6.45) is 0. The van der Waals surface area contributed by atoms with Crippen molar-refractivity contribution in [2.45, 2.75) is 5.92 Å². The summed E-state index contributed by atoms with van der Waals surface area (Å²) in [7, 11) is 0. The molecule has 1 aliphatic rings. The van der Waals surface area contributed by atoms with Crippen LogP contribution in [0.1, 0.15) is 22.6 Å². The van der Waals surface area contributed by atoms with Crippen molar-refractivity contribution in [3.63, 3.8) is 0 Å². The highest BCUT2D eigenvalue weighted by Gasteiger charge is 2.31. The lowest BCUT2D eigenvalue weighted by atomic mass is 9.89. The van der Waals surface area contributed by atoms with E-state index < -0.39 is 0 Å². The molecule has 4 rings (SSSR count). The number of benzene rings is 3. The summed E-state index contributed by atoms with van der Waals surface area (Å²) in [6.45, 7) is 0. The van der Waals surface area contributed by atoms with Gasteiger partial charge < -0.3 is 5.11 Å². The summed E-state index contributed by atoms with van der Waals surface area (Å²) in [5.41, 5.74) is 5.64.